The van der Waals surface area contributed by atoms with Crippen molar-refractivity contribution in [2.75, 3.05) is 25.1 Å². The predicted molar refractivity (Wildman–Crippen MR) is 69.5 cm³/mol. The van der Waals surface area contributed by atoms with Crippen LogP contribution in [0.5, 0.6) is 5.75 Å². The molecular weight excluding hydrogens is 214 g/mol. The number of anilines is 1. The van der Waals surface area contributed by atoms with Crippen molar-refractivity contribution >= 4 is 5.69 Å². The van der Waals surface area contributed by atoms with Gasteiger partial charge in [0.15, 0.2) is 0 Å². The molecule has 0 bridgehead atoms. The third kappa shape index (κ3) is 2.72. The Hall–Kier alpha value is -1.22. The molecule has 0 amide bonds. The van der Waals surface area contributed by atoms with E-state index in [1.165, 1.54) is 6.42 Å². The molecule has 3 heteroatoms. The number of aliphatic hydroxyl groups excluding tert-OH is 1. The third-order valence-corrected chi connectivity index (χ3v) is 3.59. The van der Waals surface area contributed by atoms with Gasteiger partial charge in [0.2, 0.25) is 0 Å². The topological polar surface area (TPSA) is 41.5 Å². The van der Waals surface area contributed by atoms with Crippen LogP contribution in [0, 0.1) is 5.41 Å². The Morgan fingerprint density at radius 2 is 2.12 bits per heavy atom. The van der Waals surface area contributed by atoms with E-state index in [9.17, 15) is 5.11 Å². The Morgan fingerprint density at radius 3 is 2.71 bits per heavy atom. The van der Waals surface area contributed by atoms with Gasteiger partial charge in [-0.05, 0) is 31.9 Å². The summed E-state index contributed by atoms with van der Waals surface area (Å²) in [5.41, 5.74) is 1.12. The second-order valence-corrected chi connectivity index (χ2v) is 4.79. The zero-order valence-corrected chi connectivity index (χ0v) is 10.4. The van der Waals surface area contributed by atoms with Crippen molar-refractivity contribution in [2.45, 2.75) is 26.2 Å². The zero-order valence-electron chi connectivity index (χ0n) is 10.4. The number of para-hydroxylation sites is 2. The predicted octanol–water partition coefficient (Wildman–Crippen LogP) is 2.66. The van der Waals surface area contributed by atoms with Gasteiger partial charge in [-0.1, -0.05) is 18.6 Å². The molecule has 0 unspecified atom stereocenters. The summed E-state index contributed by atoms with van der Waals surface area (Å²) < 4.78 is 5.56. The van der Waals surface area contributed by atoms with E-state index in [1.54, 1.807) is 0 Å². The number of hydrogen-bond acceptors (Lipinski definition) is 3. The Morgan fingerprint density at radius 1 is 1.35 bits per heavy atom. The molecule has 0 spiro atoms. The molecule has 1 aliphatic carbocycles. The molecule has 0 heterocycles. The fraction of sp³-hybridized carbons (Fsp3) is 0.571. The second-order valence-electron chi connectivity index (χ2n) is 4.79. The first-order chi connectivity index (χ1) is 8.29. The Bertz CT molecular complexity index is 355. The average molecular weight is 235 g/mol. The highest BCUT2D eigenvalue weighted by molar-refractivity contribution is 5.56. The van der Waals surface area contributed by atoms with Crippen molar-refractivity contribution in [1.82, 2.24) is 0 Å². The number of rotatable bonds is 6. The van der Waals surface area contributed by atoms with Crippen molar-refractivity contribution < 1.29 is 9.84 Å². The summed E-state index contributed by atoms with van der Waals surface area (Å²) in [6, 6.07) is 7.96. The molecule has 3 nitrogen and oxygen atoms in total. The van der Waals surface area contributed by atoms with Gasteiger partial charge in [-0.25, -0.2) is 0 Å². The van der Waals surface area contributed by atoms with Crippen LogP contribution in [0.15, 0.2) is 24.3 Å². The highest BCUT2D eigenvalue weighted by atomic mass is 16.5. The van der Waals surface area contributed by atoms with Gasteiger partial charge < -0.3 is 15.2 Å². The van der Waals surface area contributed by atoms with Crippen molar-refractivity contribution in [1.29, 1.82) is 0 Å². The number of aliphatic hydroxyl groups is 1. The molecule has 2 rings (SSSR count). The molecular formula is C14H21NO2. The molecule has 2 N–H and O–H groups in total. The lowest BCUT2D eigenvalue weighted by Gasteiger charge is -2.40. The van der Waals surface area contributed by atoms with E-state index in [0.29, 0.717) is 6.61 Å². The number of nitrogens with one attached hydrogen (secondary N) is 1. The van der Waals surface area contributed by atoms with Crippen LogP contribution in [0.3, 0.4) is 0 Å². The van der Waals surface area contributed by atoms with Gasteiger partial charge in [-0.3, -0.25) is 0 Å². The van der Waals surface area contributed by atoms with E-state index < -0.39 is 0 Å². The molecule has 1 fully saturated rings. The van der Waals surface area contributed by atoms with E-state index in [4.69, 9.17) is 4.74 Å². The summed E-state index contributed by atoms with van der Waals surface area (Å²) in [4.78, 5) is 0. The summed E-state index contributed by atoms with van der Waals surface area (Å²) in [6.45, 7) is 3.76. The SMILES string of the molecule is CCOc1ccccc1NCC1(CO)CCC1. The largest absolute Gasteiger partial charge is 0.492 e. The molecule has 1 aliphatic rings. The minimum Gasteiger partial charge on any atom is -0.492 e. The summed E-state index contributed by atoms with van der Waals surface area (Å²) in [7, 11) is 0. The summed E-state index contributed by atoms with van der Waals surface area (Å²) in [6.07, 6.45) is 3.47. The minimum absolute atomic E-state index is 0.0966. The van der Waals surface area contributed by atoms with Crippen molar-refractivity contribution in [2.24, 2.45) is 5.41 Å². The average Bonchev–Trinajstić information content (AvgIpc) is 2.31. The molecule has 17 heavy (non-hydrogen) atoms. The first-order valence-electron chi connectivity index (χ1n) is 6.36. The standard InChI is InChI=1S/C14H21NO2/c1-2-17-13-7-4-3-6-12(13)15-10-14(11-16)8-5-9-14/h3-4,6-7,15-16H,2,5,8-11H2,1H3. The fourth-order valence-corrected chi connectivity index (χ4v) is 2.24. The zero-order chi connectivity index (χ0) is 12.1. The molecule has 0 aliphatic heterocycles. The van der Waals surface area contributed by atoms with Crippen molar-refractivity contribution in [3.05, 3.63) is 24.3 Å². The number of hydrogen-bond donors (Lipinski definition) is 2. The van der Waals surface area contributed by atoms with E-state index in [2.05, 4.69) is 5.32 Å². The summed E-state index contributed by atoms with van der Waals surface area (Å²) in [5, 5.41) is 12.8. The quantitative estimate of drug-likeness (QED) is 0.796. The summed E-state index contributed by atoms with van der Waals surface area (Å²) >= 11 is 0. The minimum atomic E-state index is 0.0966. The Balaban J connectivity index is 1.98. The van der Waals surface area contributed by atoms with Crippen LogP contribution in [-0.4, -0.2) is 24.9 Å². The van der Waals surface area contributed by atoms with Gasteiger partial charge in [0.05, 0.1) is 18.9 Å². The first kappa shape index (κ1) is 12.2. The molecule has 0 radical (unpaired) electrons. The molecule has 0 saturated heterocycles. The number of benzene rings is 1. The molecule has 94 valence electrons. The van der Waals surface area contributed by atoms with Gasteiger partial charge in [0.25, 0.3) is 0 Å². The Kier molecular flexibility index (Phi) is 3.89. The van der Waals surface area contributed by atoms with Crippen molar-refractivity contribution in [3.8, 4) is 5.75 Å². The maximum Gasteiger partial charge on any atom is 0.142 e. The maximum absolute atomic E-state index is 9.42. The smallest absolute Gasteiger partial charge is 0.142 e. The van der Waals surface area contributed by atoms with Gasteiger partial charge in [-0.15, -0.1) is 0 Å². The second kappa shape index (κ2) is 5.41. The fourth-order valence-electron chi connectivity index (χ4n) is 2.24. The molecule has 1 saturated carbocycles. The maximum atomic E-state index is 9.42. The van der Waals surface area contributed by atoms with Crippen molar-refractivity contribution in [3.63, 3.8) is 0 Å². The molecule has 1 aromatic carbocycles. The van der Waals surface area contributed by atoms with E-state index in [-0.39, 0.29) is 12.0 Å². The number of ether oxygens (including phenoxy) is 1. The normalized spacial score (nSPS) is 17.3. The monoisotopic (exact) mass is 235 g/mol. The first-order valence-corrected chi connectivity index (χ1v) is 6.36. The van der Waals surface area contributed by atoms with Gasteiger partial charge in [0, 0.05) is 12.0 Å². The van der Waals surface area contributed by atoms with Crippen LogP contribution >= 0.6 is 0 Å². The van der Waals surface area contributed by atoms with Crippen LogP contribution in [0.1, 0.15) is 26.2 Å². The highest BCUT2D eigenvalue weighted by Gasteiger charge is 2.36. The van der Waals surface area contributed by atoms with E-state index >= 15 is 0 Å². The van der Waals surface area contributed by atoms with Crippen LogP contribution in [0.4, 0.5) is 5.69 Å². The van der Waals surface area contributed by atoms with Gasteiger partial charge in [0.1, 0.15) is 5.75 Å². The highest BCUT2D eigenvalue weighted by Crippen LogP contribution is 2.40. The molecule has 1 aromatic rings. The summed E-state index contributed by atoms with van der Waals surface area (Å²) in [5.74, 6) is 0.891. The van der Waals surface area contributed by atoms with Gasteiger partial charge >= 0.3 is 0 Å². The van der Waals surface area contributed by atoms with Crippen LogP contribution < -0.4 is 10.1 Å². The van der Waals surface area contributed by atoms with E-state index in [1.807, 2.05) is 31.2 Å². The Labute approximate surface area is 103 Å². The van der Waals surface area contributed by atoms with Crippen LogP contribution in [0.2, 0.25) is 0 Å². The molecule has 0 atom stereocenters. The van der Waals surface area contributed by atoms with Crippen LogP contribution in [-0.2, 0) is 0 Å². The lowest BCUT2D eigenvalue weighted by atomic mass is 9.69. The van der Waals surface area contributed by atoms with E-state index in [0.717, 1.165) is 30.8 Å². The third-order valence-electron chi connectivity index (χ3n) is 3.59. The lowest BCUT2D eigenvalue weighted by molar-refractivity contribution is 0.0576. The van der Waals surface area contributed by atoms with Gasteiger partial charge in [-0.2, -0.15) is 0 Å². The lowest BCUT2D eigenvalue weighted by Crippen LogP contribution is -2.39. The van der Waals surface area contributed by atoms with Crippen LogP contribution in [0.25, 0.3) is 0 Å². The molecule has 0 aromatic heterocycles.